The Kier molecular flexibility index (Phi) is 2.93. The third-order valence-corrected chi connectivity index (χ3v) is 5.26. The number of rotatable bonds is 4. The van der Waals surface area contributed by atoms with Gasteiger partial charge >= 0.3 is 0 Å². The molecule has 1 fully saturated rings. The van der Waals surface area contributed by atoms with Gasteiger partial charge in [0, 0.05) is 29.7 Å². The summed E-state index contributed by atoms with van der Waals surface area (Å²) in [6.07, 6.45) is 10.5. The summed E-state index contributed by atoms with van der Waals surface area (Å²) in [6.45, 7) is 0.941. The average Bonchev–Trinajstić information content (AvgIpc) is 2.99. The molecule has 0 radical (unpaired) electrons. The first-order chi connectivity index (χ1) is 9.42. The Morgan fingerprint density at radius 3 is 3.21 bits per heavy atom. The molecule has 0 amide bonds. The molecule has 4 rings (SSSR count). The van der Waals surface area contributed by atoms with E-state index in [4.69, 9.17) is 0 Å². The Bertz CT molecular complexity index is 567. The first-order valence-corrected chi connectivity index (χ1v) is 8.10. The summed E-state index contributed by atoms with van der Waals surface area (Å²) in [4.78, 5) is 5.89. The monoisotopic (exact) mass is 273 g/mol. The zero-order valence-corrected chi connectivity index (χ0v) is 11.8. The Balaban J connectivity index is 1.47. The van der Waals surface area contributed by atoms with E-state index in [-0.39, 0.29) is 0 Å². The largest absolute Gasteiger partial charge is 0.330 e. The summed E-state index contributed by atoms with van der Waals surface area (Å²) in [5.74, 6) is 0. The molecule has 1 atom stereocenters. The lowest BCUT2D eigenvalue weighted by molar-refractivity contribution is 0.454. The molecule has 1 N–H and O–H groups in total. The van der Waals surface area contributed by atoms with E-state index >= 15 is 0 Å². The number of hydrogen-bond acceptors (Lipinski definition) is 3. The van der Waals surface area contributed by atoms with Crippen molar-refractivity contribution in [2.45, 2.75) is 50.7 Å². The van der Waals surface area contributed by atoms with Crippen molar-refractivity contribution < 1.29 is 0 Å². The molecule has 100 valence electrons. The fourth-order valence-electron chi connectivity index (χ4n) is 3.08. The van der Waals surface area contributed by atoms with E-state index in [1.54, 1.807) is 4.88 Å². The van der Waals surface area contributed by atoms with Gasteiger partial charge in [0.1, 0.15) is 0 Å². The Hall–Kier alpha value is -1.13. The summed E-state index contributed by atoms with van der Waals surface area (Å²) >= 11 is 1.91. The molecule has 2 aromatic heterocycles. The van der Waals surface area contributed by atoms with Crippen molar-refractivity contribution in [3.8, 4) is 0 Å². The summed E-state index contributed by atoms with van der Waals surface area (Å²) in [6, 6.07) is 3.56. The third kappa shape index (κ3) is 2.23. The van der Waals surface area contributed by atoms with E-state index in [1.165, 1.54) is 43.4 Å². The molecule has 0 aliphatic heterocycles. The molecule has 0 saturated heterocycles. The van der Waals surface area contributed by atoms with Gasteiger partial charge < -0.3 is 9.88 Å². The molecule has 2 heterocycles. The third-order valence-electron chi connectivity index (χ3n) is 4.27. The molecular formula is C15H19N3S. The molecule has 3 nitrogen and oxygen atoms in total. The first kappa shape index (κ1) is 11.7. The molecule has 4 heteroatoms. The quantitative estimate of drug-likeness (QED) is 0.924. The van der Waals surface area contributed by atoms with E-state index in [1.807, 2.05) is 23.9 Å². The molecule has 2 aromatic rings. The molecule has 19 heavy (non-hydrogen) atoms. The van der Waals surface area contributed by atoms with Crippen LogP contribution in [0.2, 0.25) is 0 Å². The molecular weight excluding hydrogens is 254 g/mol. The highest BCUT2D eigenvalue weighted by molar-refractivity contribution is 7.10. The predicted octanol–water partition coefficient (Wildman–Crippen LogP) is 3.45. The molecule has 0 aromatic carbocycles. The van der Waals surface area contributed by atoms with Gasteiger partial charge in [0.15, 0.2) is 0 Å². The van der Waals surface area contributed by atoms with Gasteiger partial charge in [0.05, 0.1) is 12.0 Å². The molecule has 1 saturated carbocycles. The topological polar surface area (TPSA) is 29.9 Å². The van der Waals surface area contributed by atoms with Crippen molar-refractivity contribution in [3.63, 3.8) is 0 Å². The van der Waals surface area contributed by atoms with Crippen LogP contribution in [0.5, 0.6) is 0 Å². The SMILES string of the molecule is c1cc2c(s1)CCCC2NCc1cncn1C1CC1. The highest BCUT2D eigenvalue weighted by atomic mass is 32.1. The molecule has 2 aliphatic carbocycles. The van der Waals surface area contributed by atoms with Crippen molar-refractivity contribution in [1.29, 1.82) is 0 Å². The minimum absolute atomic E-state index is 0.539. The van der Waals surface area contributed by atoms with Crippen LogP contribution in [-0.2, 0) is 13.0 Å². The number of hydrogen-bond donors (Lipinski definition) is 1. The molecule has 0 spiro atoms. The van der Waals surface area contributed by atoms with Crippen molar-refractivity contribution in [2.24, 2.45) is 0 Å². The normalized spacial score (nSPS) is 22.4. The van der Waals surface area contributed by atoms with Crippen LogP contribution in [0.4, 0.5) is 0 Å². The van der Waals surface area contributed by atoms with Crippen molar-refractivity contribution in [2.75, 3.05) is 0 Å². The van der Waals surface area contributed by atoms with Crippen LogP contribution in [0.1, 0.15) is 53.9 Å². The van der Waals surface area contributed by atoms with Crippen molar-refractivity contribution >= 4 is 11.3 Å². The van der Waals surface area contributed by atoms with Crippen LogP contribution in [0, 0.1) is 0 Å². The summed E-state index contributed by atoms with van der Waals surface area (Å²) in [7, 11) is 0. The smallest absolute Gasteiger partial charge is 0.0951 e. The number of aryl methyl sites for hydroxylation is 1. The lowest BCUT2D eigenvalue weighted by Gasteiger charge is -2.24. The fraction of sp³-hybridized carbons (Fsp3) is 0.533. The molecule has 1 unspecified atom stereocenters. The van der Waals surface area contributed by atoms with E-state index in [2.05, 4.69) is 26.3 Å². The van der Waals surface area contributed by atoms with Crippen LogP contribution in [-0.4, -0.2) is 9.55 Å². The van der Waals surface area contributed by atoms with Gasteiger partial charge in [-0.2, -0.15) is 0 Å². The van der Waals surface area contributed by atoms with Gasteiger partial charge in [-0.05, 0) is 49.1 Å². The Morgan fingerprint density at radius 1 is 1.37 bits per heavy atom. The van der Waals surface area contributed by atoms with Crippen molar-refractivity contribution in [3.05, 3.63) is 40.1 Å². The maximum Gasteiger partial charge on any atom is 0.0951 e. The maximum absolute atomic E-state index is 4.31. The highest BCUT2D eigenvalue weighted by Crippen LogP contribution is 2.36. The second kappa shape index (κ2) is 4.76. The minimum Gasteiger partial charge on any atom is -0.330 e. The summed E-state index contributed by atoms with van der Waals surface area (Å²) in [5.41, 5.74) is 2.87. The predicted molar refractivity (Wildman–Crippen MR) is 77.3 cm³/mol. The van der Waals surface area contributed by atoms with Crippen LogP contribution >= 0.6 is 11.3 Å². The van der Waals surface area contributed by atoms with E-state index in [0.717, 1.165) is 12.6 Å². The Morgan fingerprint density at radius 2 is 2.32 bits per heavy atom. The number of nitrogens with zero attached hydrogens (tertiary/aromatic N) is 2. The number of thiophene rings is 1. The van der Waals surface area contributed by atoms with Gasteiger partial charge in [0.2, 0.25) is 0 Å². The van der Waals surface area contributed by atoms with Gasteiger partial charge in [-0.15, -0.1) is 11.3 Å². The number of fused-ring (bicyclic) bond motifs is 1. The lowest BCUT2D eigenvalue weighted by Crippen LogP contribution is -2.24. The zero-order valence-electron chi connectivity index (χ0n) is 11.0. The second-order valence-electron chi connectivity index (χ2n) is 5.65. The van der Waals surface area contributed by atoms with Crippen LogP contribution in [0.3, 0.4) is 0 Å². The van der Waals surface area contributed by atoms with E-state index in [9.17, 15) is 0 Å². The summed E-state index contributed by atoms with van der Waals surface area (Å²) in [5, 5.41) is 5.97. The van der Waals surface area contributed by atoms with E-state index in [0.29, 0.717) is 6.04 Å². The van der Waals surface area contributed by atoms with Crippen LogP contribution < -0.4 is 5.32 Å². The van der Waals surface area contributed by atoms with Crippen LogP contribution in [0.15, 0.2) is 24.0 Å². The Labute approximate surface area is 117 Å². The first-order valence-electron chi connectivity index (χ1n) is 7.22. The molecule has 2 aliphatic rings. The minimum atomic E-state index is 0.539. The van der Waals surface area contributed by atoms with Gasteiger partial charge in [-0.1, -0.05) is 0 Å². The maximum atomic E-state index is 4.31. The average molecular weight is 273 g/mol. The standard InChI is InChI=1S/C15H19N3S/c1-2-14(13-6-7-19-15(13)3-1)17-9-12-8-16-10-18(12)11-4-5-11/h6-8,10-11,14,17H,1-5,9H2. The lowest BCUT2D eigenvalue weighted by atomic mass is 9.94. The van der Waals surface area contributed by atoms with Gasteiger partial charge in [0.25, 0.3) is 0 Å². The van der Waals surface area contributed by atoms with Crippen LogP contribution in [0.25, 0.3) is 0 Å². The number of nitrogens with one attached hydrogen (secondary N) is 1. The van der Waals surface area contributed by atoms with Crippen molar-refractivity contribution in [1.82, 2.24) is 14.9 Å². The fourth-order valence-corrected chi connectivity index (χ4v) is 4.06. The number of aromatic nitrogens is 2. The zero-order chi connectivity index (χ0) is 12.7. The summed E-state index contributed by atoms with van der Waals surface area (Å²) < 4.78 is 2.35. The second-order valence-corrected chi connectivity index (χ2v) is 6.65. The number of imidazole rings is 1. The highest BCUT2D eigenvalue weighted by Gasteiger charge is 2.26. The van der Waals surface area contributed by atoms with E-state index < -0.39 is 0 Å². The van der Waals surface area contributed by atoms with Gasteiger partial charge in [-0.25, -0.2) is 4.98 Å². The molecule has 0 bridgehead atoms. The van der Waals surface area contributed by atoms with Gasteiger partial charge in [-0.3, -0.25) is 0 Å².